The van der Waals surface area contributed by atoms with Crippen molar-refractivity contribution in [2.75, 3.05) is 12.4 Å². The van der Waals surface area contributed by atoms with Gasteiger partial charge in [-0.05, 0) is 30.7 Å². The lowest BCUT2D eigenvalue weighted by atomic mass is 10.3. The predicted octanol–water partition coefficient (Wildman–Crippen LogP) is 5.20. The Hall–Kier alpha value is -0.650. The maximum absolute atomic E-state index is 5.74. The van der Waals surface area contributed by atoms with Crippen molar-refractivity contribution < 1.29 is 4.74 Å². The number of benzene rings is 1. The lowest BCUT2D eigenvalue weighted by Gasteiger charge is -2.09. The lowest BCUT2D eigenvalue weighted by molar-refractivity contribution is 0.343. The van der Waals surface area contributed by atoms with E-state index in [1.54, 1.807) is 23.1 Å². The quantitative estimate of drug-likeness (QED) is 0.491. The minimum Gasteiger partial charge on any atom is -0.493 e. The highest BCUT2D eigenvalue weighted by Crippen LogP contribution is 2.27. The fraction of sp³-hybridized carbons (Fsp3) is 0.400. The molecule has 2 nitrogen and oxygen atoms in total. The van der Waals surface area contributed by atoms with Crippen molar-refractivity contribution in [3.63, 3.8) is 0 Å². The van der Waals surface area contributed by atoms with Gasteiger partial charge in [-0.25, -0.2) is 4.98 Å². The fourth-order valence-corrected chi connectivity index (χ4v) is 3.95. The number of thiazole rings is 1. The van der Waals surface area contributed by atoms with E-state index in [0.717, 1.165) is 15.8 Å². The Morgan fingerprint density at radius 2 is 2.10 bits per heavy atom. The highest BCUT2D eigenvalue weighted by atomic mass is 32.2. The van der Waals surface area contributed by atoms with E-state index in [1.165, 1.54) is 11.3 Å². The Balaban J connectivity index is 1.70. The number of hydrogen-bond acceptors (Lipinski definition) is 5. The van der Waals surface area contributed by atoms with Crippen LogP contribution in [0, 0.1) is 0 Å². The van der Waals surface area contributed by atoms with Crippen molar-refractivity contribution in [1.82, 2.24) is 4.98 Å². The van der Waals surface area contributed by atoms with Gasteiger partial charge in [-0.3, -0.25) is 0 Å². The Morgan fingerprint density at radius 1 is 1.30 bits per heavy atom. The van der Waals surface area contributed by atoms with Gasteiger partial charge < -0.3 is 4.74 Å². The molecule has 2 aromatic rings. The summed E-state index contributed by atoms with van der Waals surface area (Å²) in [6, 6.07) is 8.39. The zero-order valence-electron chi connectivity index (χ0n) is 11.7. The number of hydrogen-bond donors (Lipinski definition) is 0. The molecule has 1 aromatic heterocycles. The third kappa shape index (κ3) is 5.38. The van der Waals surface area contributed by atoms with Crippen LogP contribution in [0.4, 0.5) is 0 Å². The third-order valence-electron chi connectivity index (χ3n) is 2.72. The van der Waals surface area contributed by atoms with Crippen LogP contribution in [0.25, 0.3) is 0 Å². The Bertz CT molecular complexity index is 484. The summed E-state index contributed by atoms with van der Waals surface area (Å²) in [5, 5.41) is 2.66. The van der Waals surface area contributed by atoms with Crippen LogP contribution in [0.1, 0.15) is 20.3 Å². The van der Waals surface area contributed by atoms with Crippen LogP contribution in [0.2, 0.25) is 0 Å². The molecule has 0 aliphatic rings. The minimum absolute atomic E-state index is 0.663. The highest BCUT2D eigenvalue weighted by molar-refractivity contribution is 8.01. The molecule has 0 fully saturated rings. The Morgan fingerprint density at radius 3 is 2.75 bits per heavy atom. The van der Waals surface area contributed by atoms with Crippen LogP contribution in [0.3, 0.4) is 0 Å². The summed E-state index contributed by atoms with van der Waals surface area (Å²) in [6.07, 6.45) is 3.03. The molecular formula is C15H19NOS3. The Labute approximate surface area is 133 Å². The molecule has 20 heavy (non-hydrogen) atoms. The van der Waals surface area contributed by atoms with Crippen LogP contribution in [0.5, 0.6) is 5.75 Å². The summed E-state index contributed by atoms with van der Waals surface area (Å²) >= 11 is 5.32. The summed E-state index contributed by atoms with van der Waals surface area (Å²) in [7, 11) is 0. The van der Waals surface area contributed by atoms with E-state index in [-0.39, 0.29) is 0 Å². The number of nitrogens with zero attached hydrogens (tertiary/aromatic N) is 1. The van der Waals surface area contributed by atoms with Gasteiger partial charge in [0.25, 0.3) is 0 Å². The molecule has 2 rings (SSSR count). The maximum atomic E-state index is 5.74. The van der Waals surface area contributed by atoms with Gasteiger partial charge in [-0.15, -0.1) is 23.1 Å². The molecular weight excluding hydrogens is 306 g/mol. The van der Waals surface area contributed by atoms with E-state index in [2.05, 4.69) is 43.1 Å². The van der Waals surface area contributed by atoms with Gasteiger partial charge in [0.05, 0.1) is 6.61 Å². The summed E-state index contributed by atoms with van der Waals surface area (Å²) < 4.78 is 6.84. The zero-order chi connectivity index (χ0) is 14.2. The maximum Gasteiger partial charge on any atom is 0.149 e. The van der Waals surface area contributed by atoms with Crippen molar-refractivity contribution >= 4 is 34.9 Å². The van der Waals surface area contributed by atoms with E-state index in [4.69, 9.17) is 4.74 Å². The average Bonchev–Trinajstić information content (AvgIpc) is 2.98. The molecule has 0 N–H and O–H groups in total. The second kappa shape index (κ2) is 8.60. The van der Waals surface area contributed by atoms with Crippen LogP contribution in [-0.4, -0.2) is 22.6 Å². The number of ether oxygens (including phenoxy) is 1. The summed E-state index contributed by atoms with van der Waals surface area (Å²) in [6.45, 7) is 5.18. The standard InChI is InChI=1S/C15H19NOS3/c1-3-12(2)20-14-6-4-13(5-7-14)17-9-11-19-15-16-8-10-18-15/h4-8,10,12H,3,9,11H2,1-2H3. The molecule has 0 spiro atoms. The second-order valence-electron chi connectivity index (χ2n) is 4.30. The van der Waals surface area contributed by atoms with Crippen molar-refractivity contribution in [1.29, 1.82) is 0 Å². The molecule has 1 unspecified atom stereocenters. The Kier molecular flexibility index (Phi) is 6.76. The van der Waals surface area contributed by atoms with Gasteiger partial charge in [0.2, 0.25) is 0 Å². The molecule has 1 heterocycles. The van der Waals surface area contributed by atoms with E-state index < -0.39 is 0 Å². The summed E-state index contributed by atoms with van der Waals surface area (Å²) in [5.74, 6) is 1.87. The lowest BCUT2D eigenvalue weighted by Crippen LogP contribution is -1.99. The van der Waals surface area contributed by atoms with Crippen molar-refractivity contribution in [2.24, 2.45) is 0 Å². The van der Waals surface area contributed by atoms with Gasteiger partial charge in [-0.2, -0.15) is 0 Å². The molecule has 0 aliphatic carbocycles. The summed E-state index contributed by atoms with van der Waals surface area (Å²) in [4.78, 5) is 5.54. The van der Waals surface area contributed by atoms with Crippen LogP contribution < -0.4 is 4.74 Å². The molecule has 0 saturated carbocycles. The number of thioether (sulfide) groups is 2. The SMILES string of the molecule is CCC(C)Sc1ccc(OCCSc2nccs2)cc1. The topological polar surface area (TPSA) is 22.1 Å². The van der Waals surface area contributed by atoms with E-state index >= 15 is 0 Å². The van der Waals surface area contributed by atoms with Gasteiger partial charge in [-0.1, -0.05) is 25.6 Å². The van der Waals surface area contributed by atoms with Crippen molar-refractivity contribution in [2.45, 2.75) is 34.8 Å². The first-order valence-corrected chi connectivity index (χ1v) is 9.44. The monoisotopic (exact) mass is 325 g/mol. The smallest absolute Gasteiger partial charge is 0.149 e. The molecule has 5 heteroatoms. The van der Waals surface area contributed by atoms with E-state index in [1.807, 2.05) is 23.3 Å². The highest BCUT2D eigenvalue weighted by Gasteiger charge is 2.02. The molecule has 1 aromatic carbocycles. The zero-order valence-corrected chi connectivity index (χ0v) is 14.2. The largest absolute Gasteiger partial charge is 0.493 e. The van der Waals surface area contributed by atoms with Crippen LogP contribution in [-0.2, 0) is 0 Å². The van der Waals surface area contributed by atoms with Gasteiger partial charge in [0.15, 0.2) is 0 Å². The van der Waals surface area contributed by atoms with Crippen LogP contribution >= 0.6 is 34.9 Å². The molecule has 108 valence electrons. The first kappa shape index (κ1) is 15.7. The molecule has 0 radical (unpaired) electrons. The number of rotatable bonds is 8. The molecule has 0 bridgehead atoms. The van der Waals surface area contributed by atoms with Crippen LogP contribution in [0.15, 0.2) is 45.1 Å². The average molecular weight is 326 g/mol. The van der Waals surface area contributed by atoms with Crippen molar-refractivity contribution in [3.8, 4) is 5.75 Å². The van der Waals surface area contributed by atoms with Gasteiger partial charge in [0, 0.05) is 27.5 Å². The second-order valence-corrected chi connectivity index (χ2v) is 8.05. The van der Waals surface area contributed by atoms with E-state index in [0.29, 0.717) is 11.9 Å². The fourth-order valence-electron chi connectivity index (χ4n) is 1.50. The van der Waals surface area contributed by atoms with Gasteiger partial charge >= 0.3 is 0 Å². The number of aromatic nitrogens is 1. The molecule has 0 saturated heterocycles. The summed E-state index contributed by atoms with van der Waals surface area (Å²) in [5.41, 5.74) is 0. The first-order chi connectivity index (χ1) is 9.78. The minimum atomic E-state index is 0.663. The molecule has 0 amide bonds. The van der Waals surface area contributed by atoms with Crippen molar-refractivity contribution in [3.05, 3.63) is 35.8 Å². The van der Waals surface area contributed by atoms with Gasteiger partial charge in [0.1, 0.15) is 10.1 Å². The molecule has 0 aliphatic heterocycles. The third-order valence-corrected chi connectivity index (χ3v) is 5.93. The molecule has 1 atom stereocenters. The predicted molar refractivity (Wildman–Crippen MR) is 90.4 cm³/mol. The first-order valence-electron chi connectivity index (χ1n) is 6.69. The normalized spacial score (nSPS) is 12.3. The van der Waals surface area contributed by atoms with E-state index in [9.17, 15) is 0 Å².